The van der Waals surface area contributed by atoms with Gasteiger partial charge in [0.2, 0.25) is 5.82 Å². The van der Waals surface area contributed by atoms with Crippen LogP contribution in [0.4, 0.5) is 8.78 Å². The molecule has 1 aliphatic carbocycles. The molecule has 3 aromatic rings. The number of benzene rings is 2. The number of thiophene rings is 1. The van der Waals surface area contributed by atoms with E-state index in [2.05, 4.69) is 10.6 Å². The van der Waals surface area contributed by atoms with Gasteiger partial charge in [-0.25, -0.2) is 4.39 Å². The summed E-state index contributed by atoms with van der Waals surface area (Å²) in [5, 5.41) is 17.1. The molecule has 0 radical (unpaired) electrons. The Morgan fingerprint density at radius 2 is 1.66 bits per heavy atom. The van der Waals surface area contributed by atoms with Gasteiger partial charge in [0.1, 0.15) is 0 Å². The number of halogens is 2. The zero-order valence-electron chi connectivity index (χ0n) is 18.7. The van der Waals surface area contributed by atoms with Gasteiger partial charge in [-0.15, -0.1) is 11.3 Å². The lowest BCUT2D eigenvalue weighted by Crippen LogP contribution is -2.35. The number of fused-ring (bicyclic) bond motifs is 1. The van der Waals surface area contributed by atoms with E-state index in [0.29, 0.717) is 31.2 Å². The molecule has 1 aromatic heterocycles. The molecule has 4 rings (SSSR count). The maximum Gasteiger partial charge on any atom is 0.306 e. The number of rotatable bonds is 8. The predicted octanol–water partition coefficient (Wildman–Crippen LogP) is 4.36. The van der Waals surface area contributed by atoms with Crippen LogP contribution >= 0.6 is 11.3 Å². The van der Waals surface area contributed by atoms with Crippen LogP contribution in [0.25, 0.3) is 10.1 Å². The van der Waals surface area contributed by atoms with Crippen LogP contribution in [0.1, 0.15) is 46.4 Å². The van der Waals surface area contributed by atoms with E-state index in [4.69, 9.17) is 9.84 Å². The molecule has 1 aliphatic rings. The molecular formula is C25H24F2N2O5S. The molecular weight excluding hydrogens is 478 g/mol. The van der Waals surface area contributed by atoms with Gasteiger partial charge >= 0.3 is 5.97 Å². The third-order valence-corrected chi connectivity index (χ3v) is 6.92. The van der Waals surface area contributed by atoms with Gasteiger partial charge in [-0.2, -0.15) is 4.39 Å². The molecule has 1 saturated carbocycles. The summed E-state index contributed by atoms with van der Waals surface area (Å²) in [5.41, 5.74) is 0.0149. The van der Waals surface area contributed by atoms with Crippen molar-refractivity contribution in [1.29, 1.82) is 0 Å². The van der Waals surface area contributed by atoms with Gasteiger partial charge in [0.15, 0.2) is 11.6 Å². The van der Waals surface area contributed by atoms with Crippen LogP contribution in [-0.4, -0.2) is 42.1 Å². The Morgan fingerprint density at radius 1 is 0.943 bits per heavy atom. The number of hydrogen-bond acceptors (Lipinski definition) is 5. The molecule has 0 aliphatic heterocycles. The van der Waals surface area contributed by atoms with Gasteiger partial charge in [-0.1, -0.05) is 0 Å². The first-order valence-electron chi connectivity index (χ1n) is 11.2. The van der Waals surface area contributed by atoms with Crippen molar-refractivity contribution in [2.75, 3.05) is 13.1 Å². The number of amides is 2. The summed E-state index contributed by atoms with van der Waals surface area (Å²) in [4.78, 5) is 35.7. The molecule has 184 valence electrons. The van der Waals surface area contributed by atoms with Gasteiger partial charge in [-0.05, 0) is 72.8 Å². The second-order valence-electron chi connectivity index (χ2n) is 8.35. The van der Waals surface area contributed by atoms with E-state index in [1.807, 2.05) is 17.5 Å². The lowest BCUT2D eigenvalue weighted by Gasteiger charge is -2.27. The average molecular weight is 503 g/mol. The van der Waals surface area contributed by atoms with Crippen LogP contribution in [0.3, 0.4) is 0 Å². The Labute approximate surface area is 204 Å². The number of carboxylic acids is 1. The molecule has 7 nitrogen and oxygen atoms in total. The maximum atomic E-state index is 14.5. The Balaban J connectivity index is 1.27. The molecule has 1 fully saturated rings. The van der Waals surface area contributed by atoms with Crippen molar-refractivity contribution >= 4 is 39.2 Å². The van der Waals surface area contributed by atoms with Gasteiger partial charge < -0.3 is 20.5 Å². The van der Waals surface area contributed by atoms with E-state index < -0.39 is 41.1 Å². The number of carboxylic acid groups (broad SMARTS) is 1. The highest BCUT2D eigenvalue weighted by Gasteiger charge is 2.28. The van der Waals surface area contributed by atoms with E-state index in [-0.39, 0.29) is 24.7 Å². The van der Waals surface area contributed by atoms with Crippen LogP contribution in [0, 0.1) is 17.6 Å². The quantitative estimate of drug-likeness (QED) is 0.397. The van der Waals surface area contributed by atoms with Crippen molar-refractivity contribution in [1.82, 2.24) is 10.6 Å². The Kier molecular flexibility index (Phi) is 7.60. The fraction of sp³-hybridized carbons (Fsp3) is 0.320. The van der Waals surface area contributed by atoms with Crippen molar-refractivity contribution in [3.05, 3.63) is 64.5 Å². The molecule has 35 heavy (non-hydrogen) atoms. The van der Waals surface area contributed by atoms with E-state index in [9.17, 15) is 23.2 Å². The molecule has 0 bridgehead atoms. The van der Waals surface area contributed by atoms with E-state index in [0.717, 1.165) is 16.2 Å². The minimum absolute atomic E-state index is 0.0252. The van der Waals surface area contributed by atoms with Crippen molar-refractivity contribution in [2.45, 2.75) is 31.8 Å². The lowest BCUT2D eigenvalue weighted by atomic mass is 9.87. The highest BCUT2D eigenvalue weighted by Crippen LogP contribution is 2.30. The number of aliphatic carboxylic acids is 1. The standard InChI is InChI=1S/C25H24F2N2O5S/c26-21-18(6-7-19(22(21)27)34-17-4-1-14(2-5-17)25(32)33)24(31)29-11-10-28-23(30)16-3-8-20-15(13-16)9-12-35-20/h3,6-9,12-14,17H,1-2,4-5,10-11H2,(H,28,30)(H,29,31)(H,32,33). The number of ether oxygens (including phenoxy) is 1. The number of hydrogen-bond donors (Lipinski definition) is 3. The molecule has 2 amide bonds. The number of nitrogens with one attached hydrogen (secondary N) is 2. The fourth-order valence-electron chi connectivity index (χ4n) is 4.06. The second kappa shape index (κ2) is 10.8. The smallest absolute Gasteiger partial charge is 0.306 e. The molecule has 0 atom stereocenters. The van der Waals surface area contributed by atoms with E-state index >= 15 is 0 Å². The Bertz CT molecular complexity index is 1250. The molecule has 10 heteroatoms. The largest absolute Gasteiger partial charge is 0.487 e. The monoisotopic (exact) mass is 502 g/mol. The van der Waals surface area contributed by atoms with Gasteiger partial charge in [0.25, 0.3) is 11.8 Å². The topological polar surface area (TPSA) is 105 Å². The summed E-state index contributed by atoms with van der Waals surface area (Å²) in [6.07, 6.45) is 1.25. The summed E-state index contributed by atoms with van der Waals surface area (Å²) < 4.78 is 35.7. The minimum atomic E-state index is -1.33. The maximum absolute atomic E-state index is 14.5. The van der Waals surface area contributed by atoms with Gasteiger partial charge in [0.05, 0.1) is 17.6 Å². The molecule has 0 unspecified atom stereocenters. The average Bonchev–Trinajstić information content (AvgIpc) is 3.33. The Hall–Kier alpha value is -3.53. The first kappa shape index (κ1) is 24.6. The van der Waals surface area contributed by atoms with Crippen molar-refractivity contribution < 1.29 is 33.0 Å². The van der Waals surface area contributed by atoms with Crippen LogP contribution in [0.15, 0.2) is 41.8 Å². The van der Waals surface area contributed by atoms with Crippen molar-refractivity contribution in [3.63, 3.8) is 0 Å². The lowest BCUT2D eigenvalue weighted by molar-refractivity contribution is -0.143. The summed E-state index contributed by atoms with van der Waals surface area (Å²) >= 11 is 1.58. The number of carbonyl (C=O) groups is 3. The third kappa shape index (κ3) is 5.76. The van der Waals surface area contributed by atoms with E-state index in [1.54, 1.807) is 23.5 Å². The summed E-state index contributed by atoms with van der Waals surface area (Å²) in [6, 6.07) is 9.61. The van der Waals surface area contributed by atoms with Crippen molar-refractivity contribution in [2.24, 2.45) is 5.92 Å². The second-order valence-corrected chi connectivity index (χ2v) is 9.30. The van der Waals surface area contributed by atoms with Crippen LogP contribution in [0.5, 0.6) is 5.75 Å². The highest BCUT2D eigenvalue weighted by atomic mass is 32.1. The van der Waals surface area contributed by atoms with Crippen LogP contribution in [0.2, 0.25) is 0 Å². The Morgan fingerprint density at radius 3 is 2.37 bits per heavy atom. The zero-order valence-corrected chi connectivity index (χ0v) is 19.5. The predicted molar refractivity (Wildman–Crippen MR) is 127 cm³/mol. The summed E-state index contributed by atoms with van der Waals surface area (Å²) in [7, 11) is 0. The SMILES string of the molecule is O=C(NCCNC(=O)c1ccc(OC2CCC(C(=O)O)CC2)c(F)c1F)c1ccc2sccc2c1. The zero-order chi connectivity index (χ0) is 24.9. The third-order valence-electron chi connectivity index (χ3n) is 6.02. The normalized spacial score (nSPS) is 17.7. The van der Waals surface area contributed by atoms with Crippen LogP contribution < -0.4 is 15.4 Å². The fourth-order valence-corrected chi connectivity index (χ4v) is 4.83. The molecule has 0 spiro atoms. The molecule has 3 N–H and O–H groups in total. The summed E-state index contributed by atoms with van der Waals surface area (Å²) in [6.45, 7) is 0.133. The van der Waals surface area contributed by atoms with Crippen LogP contribution in [-0.2, 0) is 4.79 Å². The minimum Gasteiger partial charge on any atom is -0.487 e. The number of carbonyl (C=O) groups excluding carboxylic acids is 2. The first-order valence-corrected chi connectivity index (χ1v) is 12.1. The highest BCUT2D eigenvalue weighted by molar-refractivity contribution is 7.17. The first-order chi connectivity index (χ1) is 16.8. The summed E-state index contributed by atoms with van der Waals surface area (Å²) in [5.74, 6) is -5.34. The van der Waals surface area contributed by atoms with Gasteiger partial charge in [0, 0.05) is 23.4 Å². The molecule has 0 saturated heterocycles. The van der Waals surface area contributed by atoms with E-state index in [1.165, 1.54) is 6.07 Å². The van der Waals surface area contributed by atoms with Gasteiger partial charge in [-0.3, -0.25) is 14.4 Å². The molecule has 2 aromatic carbocycles. The molecule has 1 heterocycles. The van der Waals surface area contributed by atoms with Crippen molar-refractivity contribution in [3.8, 4) is 5.75 Å².